The van der Waals surface area contributed by atoms with Crippen molar-refractivity contribution < 1.29 is 14.6 Å². The van der Waals surface area contributed by atoms with Crippen LogP contribution in [0.3, 0.4) is 0 Å². The van der Waals surface area contributed by atoms with Gasteiger partial charge in [-0.05, 0) is 45.5 Å². The number of ether oxygens (including phenoxy) is 1. The molecule has 1 rings (SSSR count). The number of carbonyl (C=O) groups excluding carboxylic acids is 1. The molecule has 0 aromatic carbocycles. The molecule has 0 aromatic rings. The fraction of sp³-hybridized carbons (Fsp3) is 0.588. The van der Waals surface area contributed by atoms with E-state index in [0.29, 0.717) is 25.9 Å². The summed E-state index contributed by atoms with van der Waals surface area (Å²) in [5.41, 5.74) is 0.539. The van der Waals surface area contributed by atoms with Crippen LogP contribution < -0.4 is 0 Å². The molecule has 0 fully saturated rings. The highest BCUT2D eigenvalue weighted by molar-refractivity contribution is 5.68. The summed E-state index contributed by atoms with van der Waals surface area (Å²) in [6.07, 6.45) is 3.73. The Hall–Kier alpha value is -1.91. The van der Waals surface area contributed by atoms with Gasteiger partial charge in [0, 0.05) is 31.7 Å². The fourth-order valence-corrected chi connectivity index (χ4v) is 1.66. The van der Waals surface area contributed by atoms with Crippen molar-refractivity contribution in [2.45, 2.75) is 45.6 Å². The van der Waals surface area contributed by atoms with Gasteiger partial charge in [0.05, 0.1) is 0 Å². The van der Waals surface area contributed by atoms with Gasteiger partial charge in [-0.1, -0.05) is 17.9 Å². The summed E-state index contributed by atoms with van der Waals surface area (Å²) in [6, 6.07) is 0. The Bertz CT molecular complexity index is 506. The number of aliphatic hydroxyl groups is 1. The first-order chi connectivity index (χ1) is 9.92. The molecule has 0 saturated heterocycles. The lowest BCUT2D eigenvalue weighted by atomic mass is 10.1. The van der Waals surface area contributed by atoms with Crippen LogP contribution in [0.25, 0.3) is 0 Å². The third-order valence-corrected chi connectivity index (χ3v) is 2.69. The number of nitrogens with zero attached hydrogens (tertiary/aromatic N) is 1. The van der Waals surface area contributed by atoms with Gasteiger partial charge < -0.3 is 14.7 Å². The quantitative estimate of drug-likeness (QED) is 0.627. The molecule has 0 bridgehead atoms. The minimum absolute atomic E-state index is 0.160. The van der Waals surface area contributed by atoms with Crippen LogP contribution in [-0.4, -0.2) is 41.4 Å². The van der Waals surface area contributed by atoms with Crippen molar-refractivity contribution in [2.75, 3.05) is 19.7 Å². The molecule has 0 spiro atoms. The molecule has 114 valence electrons. The van der Waals surface area contributed by atoms with Crippen molar-refractivity contribution in [3.05, 3.63) is 11.6 Å². The molecule has 1 aliphatic heterocycles. The summed E-state index contributed by atoms with van der Waals surface area (Å²) in [5, 5.41) is 8.61. The van der Waals surface area contributed by atoms with E-state index < -0.39 is 5.60 Å². The zero-order valence-corrected chi connectivity index (χ0v) is 13.0. The summed E-state index contributed by atoms with van der Waals surface area (Å²) < 4.78 is 5.33. The molecule has 21 heavy (non-hydrogen) atoms. The zero-order chi connectivity index (χ0) is 15.7. The molecule has 1 aliphatic rings. The molecule has 0 atom stereocenters. The molecule has 0 aliphatic carbocycles. The lowest BCUT2D eigenvalue weighted by molar-refractivity contribution is 0.0267. The van der Waals surface area contributed by atoms with Crippen molar-refractivity contribution in [3.8, 4) is 23.7 Å². The normalized spacial score (nSPS) is 14.3. The molecule has 0 radical (unpaired) electrons. The number of hydrogen-bond acceptors (Lipinski definition) is 3. The van der Waals surface area contributed by atoms with Crippen LogP contribution >= 0.6 is 0 Å². The molecule has 4 heteroatoms. The lowest BCUT2D eigenvalue weighted by Crippen LogP contribution is -2.39. The summed E-state index contributed by atoms with van der Waals surface area (Å²) >= 11 is 0. The van der Waals surface area contributed by atoms with Crippen molar-refractivity contribution in [1.82, 2.24) is 4.90 Å². The standard InChI is InChI=1S/C17H23NO3/c1-17(2,3)21-16(20)18-12-10-15(11-13-18)9-7-5-4-6-8-14-19/h10,19H,6,8,11-14H2,1-3H3. The molecular formula is C17H23NO3. The van der Waals surface area contributed by atoms with Gasteiger partial charge in [-0.25, -0.2) is 4.79 Å². The van der Waals surface area contributed by atoms with Crippen LogP contribution in [-0.2, 0) is 4.74 Å². The van der Waals surface area contributed by atoms with E-state index >= 15 is 0 Å². The Balaban J connectivity index is 2.45. The Morgan fingerprint density at radius 2 is 2.19 bits per heavy atom. The van der Waals surface area contributed by atoms with Crippen LogP contribution in [0.2, 0.25) is 0 Å². The molecule has 1 amide bonds. The van der Waals surface area contributed by atoms with E-state index in [-0.39, 0.29) is 12.7 Å². The molecule has 4 nitrogen and oxygen atoms in total. The van der Waals surface area contributed by atoms with Gasteiger partial charge in [-0.3, -0.25) is 0 Å². The van der Waals surface area contributed by atoms with Crippen molar-refractivity contribution in [1.29, 1.82) is 0 Å². The summed E-state index contributed by atoms with van der Waals surface area (Å²) in [6.45, 7) is 6.88. The third-order valence-electron chi connectivity index (χ3n) is 2.69. The minimum atomic E-state index is -0.467. The summed E-state index contributed by atoms with van der Waals surface area (Å²) in [5.74, 6) is 11.5. The maximum Gasteiger partial charge on any atom is 0.410 e. The van der Waals surface area contributed by atoms with Gasteiger partial charge in [-0.2, -0.15) is 0 Å². The van der Waals surface area contributed by atoms with Crippen LogP contribution in [0.4, 0.5) is 4.79 Å². The number of hydrogen-bond donors (Lipinski definition) is 1. The van der Waals surface area contributed by atoms with Gasteiger partial charge in [0.25, 0.3) is 0 Å². The highest BCUT2D eigenvalue weighted by Crippen LogP contribution is 2.14. The number of carbonyl (C=O) groups is 1. The van der Waals surface area contributed by atoms with Gasteiger partial charge in [0.1, 0.15) is 5.60 Å². The van der Waals surface area contributed by atoms with E-state index in [9.17, 15) is 4.79 Å². The highest BCUT2D eigenvalue weighted by atomic mass is 16.6. The van der Waals surface area contributed by atoms with Crippen LogP contribution in [0, 0.1) is 23.7 Å². The lowest BCUT2D eigenvalue weighted by Gasteiger charge is -2.28. The topological polar surface area (TPSA) is 49.8 Å². The molecule has 0 aromatic heterocycles. The second-order valence-electron chi connectivity index (χ2n) is 5.78. The van der Waals surface area contributed by atoms with E-state index in [1.807, 2.05) is 26.8 Å². The Kier molecular flexibility index (Phi) is 6.85. The Morgan fingerprint density at radius 3 is 2.76 bits per heavy atom. The number of unbranched alkanes of at least 4 members (excludes halogenated alkanes) is 1. The maximum atomic E-state index is 11.9. The number of amides is 1. The fourth-order valence-electron chi connectivity index (χ4n) is 1.66. The smallest absolute Gasteiger partial charge is 0.410 e. The van der Waals surface area contributed by atoms with E-state index in [0.717, 1.165) is 12.0 Å². The average Bonchev–Trinajstić information content (AvgIpc) is 2.41. The molecule has 0 saturated carbocycles. The maximum absolute atomic E-state index is 11.9. The zero-order valence-electron chi connectivity index (χ0n) is 13.0. The minimum Gasteiger partial charge on any atom is -0.444 e. The van der Waals surface area contributed by atoms with Gasteiger partial charge >= 0.3 is 6.09 Å². The van der Waals surface area contributed by atoms with Crippen LogP contribution in [0.15, 0.2) is 11.6 Å². The molecule has 0 unspecified atom stereocenters. The van der Waals surface area contributed by atoms with Crippen LogP contribution in [0.5, 0.6) is 0 Å². The van der Waals surface area contributed by atoms with Crippen LogP contribution in [0.1, 0.15) is 40.0 Å². The van der Waals surface area contributed by atoms with Gasteiger partial charge in [0.15, 0.2) is 0 Å². The first-order valence-corrected chi connectivity index (χ1v) is 7.19. The monoisotopic (exact) mass is 289 g/mol. The Morgan fingerprint density at radius 1 is 1.43 bits per heavy atom. The molecular weight excluding hydrogens is 266 g/mol. The van der Waals surface area contributed by atoms with E-state index in [1.54, 1.807) is 4.90 Å². The molecule has 1 N–H and O–H groups in total. The second kappa shape index (κ2) is 8.39. The molecule has 1 heterocycles. The van der Waals surface area contributed by atoms with Gasteiger partial charge in [0.2, 0.25) is 0 Å². The predicted octanol–water partition coefficient (Wildman–Crippen LogP) is 2.33. The first-order valence-electron chi connectivity index (χ1n) is 7.19. The highest BCUT2D eigenvalue weighted by Gasteiger charge is 2.23. The average molecular weight is 289 g/mol. The van der Waals surface area contributed by atoms with E-state index in [1.165, 1.54) is 0 Å². The summed E-state index contributed by atoms with van der Waals surface area (Å²) in [4.78, 5) is 13.5. The SMILES string of the molecule is CC(C)(C)OC(=O)N1CC=C(C#CC#CCCCO)CC1. The summed E-state index contributed by atoms with van der Waals surface area (Å²) in [7, 11) is 0. The Labute approximate surface area is 127 Å². The van der Waals surface area contributed by atoms with Crippen molar-refractivity contribution >= 4 is 6.09 Å². The largest absolute Gasteiger partial charge is 0.444 e. The van der Waals surface area contributed by atoms with Crippen molar-refractivity contribution in [2.24, 2.45) is 0 Å². The van der Waals surface area contributed by atoms with E-state index in [2.05, 4.69) is 23.7 Å². The van der Waals surface area contributed by atoms with E-state index in [4.69, 9.17) is 9.84 Å². The number of aliphatic hydroxyl groups excluding tert-OH is 1. The third kappa shape index (κ3) is 7.44. The van der Waals surface area contributed by atoms with Crippen molar-refractivity contribution in [3.63, 3.8) is 0 Å². The van der Waals surface area contributed by atoms with Gasteiger partial charge in [-0.15, -0.1) is 0 Å². The second-order valence-corrected chi connectivity index (χ2v) is 5.78. The first kappa shape index (κ1) is 17.1. The predicted molar refractivity (Wildman–Crippen MR) is 82.4 cm³/mol. The number of rotatable bonds is 2.